The topological polar surface area (TPSA) is 12.0 Å². The minimum atomic E-state index is 0.675. The van der Waals surface area contributed by atoms with Gasteiger partial charge in [-0.15, -0.1) is 11.3 Å². The van der Waals surface area contributed by atoms with Crippen molar-refractivity contribution in [1.29, 1.82) is 0 Å². The summed E-state index contributed by atoms with van der Waals surface area (Å²) >= 11 is 1.90. The highest BCUT2D eigenvalue weighted by Gasteiger charge is 2.16. The van der Waals surface area contributed by atoms with Crippen molar-refractivity contribution in [3.05, 3.63) is 21.9 Å². The standard InChI is InChI=1S/C13H23NS/c1-5-7-14-9-11(3)12(4)13-10(2)6-8-15-13/h6,8,11-12,14H,5,7,9H2,1-4H3. The van der Waals surface area contributed by atoms with Crippen LogP contribution in [-0.4, -0.2) is 13.1 Å². The maximum atomic E-state index is 3.50. The minimum absolute atomic E-state index is 0.675. The van der Waals surface area contributed by atoms with Gasteiger partial charge < -0.3 is 5.32 Å². The lowest BCUT2D eigenvalue weighted by Crippen LogP contribution is -2.24. The summed E-state index contributed by atoms with van der Waals surface area (Å²) < 4.78 is 0. The Morgan fingerprint density at radius 1 is 1.40 bits per heavy atom. The molecular formula is C13H23NS. The molecule has 0 saturated heterocycles. The molecule has 0 aromatic carbocycles. The van der Waals surface area contributed by atoms with Gasteiger partial charge in [0.05, 0.1) is 0 Å². The quantitative estimate of drug-likeness (QED) is 0.726. The number of thiophene rings is 1. The molecule has 0 aliphatic rings. The summed E-state index contributed by atoms with van der Waals surface area (Å²) in [6, 6.07) is 2.22. The summed E-state index contributed by atoms with van der Waals surface area (Å²) in [7, 11) is 0. The smallest absolute Gasteiger partial charge is 0.0106 e. The van der Waals surface area contributed by atoms with Crippen LogP contribution in [-0.2, 0) is 0 Å². The zero-order valence-electron chi connectivity index (χ0n) is 10.3. The molecule has 1 nitrogen and oxygen atoms in total. The highest BCUT2D eigenvalue weighted by atomic mass is 32.1. The maximum absolute atomic E-state index is 3.50. The zero-order chi connectivity index (χ0) is 11.3. The Bertz CT molecular complexity index is 280. The van der Waals surface area contributed by atoms with Crippen molar-refractivity contribution in [1.82, 2.24) is 5.32 Å². The van der Waals surface area contributed by atoms with E-state index in [9.17, 15) is 0 Å². The zero-order valence-corrected chi connectivity index (χ0v) is 11.2. The van der Waals surface area contributed by atoms with E-state index in [1.54, 1.807) is 4.88 Å². The number of hydrogen-bond acceptors (Lipinski definition) is 2. The fourth-order valence-electron chi connectivity index (χ4n) is 1.79. The molecule has 15 heavy (non-hydrogen) atoms. The molecular weight excluding hydrogens is 202 g/mol. The fraction of sp³-hybridized carbons (Fsp3) is 0.692. The molecule has 1 N–H and O–H groups in total. The highest BCUT2D eigenvalue weighted by molar-refractivity contribution is 7.10. The molecule has 1 aromatic rings. The average Bonchev–Trinajstić information content (AvgIpc) is 2.63. The molecule has 0 amide bonds. The van der Waals surface area contributed by atoms with Gasteiger partial charge in [0.1, 0.15) is 0 Å². The molecule has 0 aliphatic heterocycles. The SMILES string of the molecule is CCCNCC(C)C(C)c1sccc1C. The van der Waals surface area contributed by atoms with Crippen molar-refractivity contribution in [3.8, 4) is 0 Å². The number of nitrogens with one attached hydrogen (secondary N) is 1. The molecule has 1 rings (SSSR count). The Kier molecular flexibility index (Phi) is 5.34. The summed E-state index contributed by atoms with van der Waals surface area (Å²) in [6.45, 7) is 11.4. The second-order valence-electron chi connectivity index (χ2n) is 4.44. The van der Waals surface area contributed by atoms with Crippen molar-refractivity contribution in [2.24, 2.45) is 5.92 Å². The van der Waals surface area contributed by atoms with Gasteiger partial charge >= 0.3 is 0 Å². The molecule has 0 aliphatic carbocycles. The normalized spacial score (nSPS) is 15.2. The van der Waals surface area contributed by atoms with Crippen LogP contribution in [0.1, 0.15) is 43.6 Å². The molecule has 1 heterocycles. The lowest BCUT2D eigenvalue weighted by molar-refractivity contribution is 0.451. The largest absolute Gasteiger partial charge is 0.316 e. The maximum Gasteiger partial charge on any atom is 0.0106 e. The van der Waals surface area contributed by atoms with Gasteiger partial charge in [-0.05, 0) is 55.3 Å². The summed E-state index contributed by atoms with van der Waals surface area (Å²) in [5.74, 6) is 1.39. The second kappa shape index (κ2) is 6.29. The van der Waals surface area contributed by atoms with Crippen molar-refractivity contribution < 1.29 is 0 Å². The Hall–Kier alpha value is -0.340. The first-order valence-corrected chi connectivity index (χ1v) is 6.79. The van der Waals surface area contributed by atoms with Gasteiger partial charge in [-0.2, -0.15) is 0 Å². The van der Waals surface area contributed by atoms with Gasteiger partial charge in [0, 0.05) is 4.88 Å². The van der Waals surface area contributed by atoms with E-state index in [1.165, 1.54) is 12.0 Å². The van der Waals surface area contributed by atoms with Gasteiger partial charge in [0.25, 0.3) is 0 Å². The van der Waals surface area contributed by atoms with Gasteiger partial charge in [0.2, 0.25) is 0 Å². The average molecular weight is 225 g/mol. The molecule has 2 heteroatoms. The third-order valence-electron chi connectivity index (χ3n) is 3.06. The monoisotopic (exact) mass is 225 g/mol. The van der Waals surface area contributed by atoms with Gasteiger partial charge in [0.15, 0.2) is 0 Å². The van der Waals surface area contributed by atoms with Crippen molar-refractivity contribution in [3.63, 3.8) is 0 Å². The lowest BCUT2D eigenvalue weighted by Gasteiger charge is -2.20. The molecule has 0 bridgehead atoms. The number of hydrogen-bond donors (Lipinski definition) is 1. The van der Waals surface area contributed by atoms with E-state index in [-0.39, 0.29) is 0 Å². The Balaban J connectivity index is 2.46. The van der Waals surface area contributed by atoms with Gasteiger partial charge in [-0.25, -0.2) is 0 Å². The molecule has 2 unspecified atom stereocenters. The predicted molar refractivity (Wildman–Crippen MR) is 69.8 cm³/mol. The first-order valence-electron chi connectivity index (χ1n) is 5.91. The van der Waals surface area contributed by atoms with Crippen LogP contribution in [0, 0.1) is 12.8 Å². The Morgan fingerprint density at radius 3 is 2.67 bits per heavy atom. The lowest BCUT2D eigenvalue weighted by atomic mass is 9.92. The molecule has 0 saturated carbocycles. The van der Waals surface area contributed by atoms with Crippen LogP contribution in [0.4, 0.5) is 0 Å². The van der Waals surface area contributed by atoms with Crippen LogP contribution in [0.5, 0.6) is 0 Å². The summed E-state index contributed by atoms with van der Waals surface area (Å²) in [5.41, 5.74) is 1.45. The summed E-state index contributed by atoms with van der Waals surface area (Å²) in [4.78, 5) is 1.56. The molecule has 1 aromatic heterocycles. The van der Waals surface area contributed by atoms with E-state index >= 15 is 0 Å². The molecule has 86 valence electrons. The van der Waals surface area contributed by atoms with E-state index < -0.39 is 0 Å². The van der Waals surface area contributed by atoms with Crippen LogP contribution >= 0.6 is 11.3 Å². The molecule has 0 radical (unpaired) electrons. The van der Waals surface area contributed by atoms with E-state index in [2.05, 4.69) is 44.5 Å². The van der Waals surface area contributed by atoms with Crippen molar-refractivity contribution in [2.45, 2.75) is 40.0 Å². The number of aryl methyl sites for hydroxylation is 1. The molecule has 0 fully saturated rings. The third-order valence-corrected chi connectivity index (χ3v) is 4.28. The Labute approximate surface area is 97.9 Å². The van der Waals surface area contributed by atoms with E-state index in [4.69, 9.17) is 0 Å². The van der Waals surface area contributed by atoms with Crippen molar-refractivity contribution >= 4 is 11.3 Å². The van der Waals surface area contributed by atoms with Gasteiger partial charge in [-0.1, -0.05) is 20.8 Å². The summed E-state index contributed by atoms with van der Waals surface area (Å²) in [6.07, 6.45) is 1.22. The summed E-state index contributed by atoms with van der Waals surface area (Å²) in [5, 5.41) is 5.70. The fourth-order valence-corrected chi connectivity index (χ4v) is 2.91. The number of rotatable bonds is 6. The Morgan fingerprint density at radius 2 is 2.13 bits per heavy atom. The van der Waals surface area contributed by atoms with E-state index in [0.29, 0.717) is 11.8 Å². The highest BCUT2D eigenvalue weighted by Crippen LogP contribution is 2.30. The predicted octanol–water partition coefficient (Wildman–Crippen LogP) is 3.80. The molecule has 2 atom stereocenters. The minimum Gasteiger partial charge on any atom is -0.316 e. The van der Waals surface area contributed by atoms with E-state index in [0.717, 1.165) is 13.1 Å². The van der Waals surface area contributed by atoms with E-state index in [1.807, 2.05) is 11.3 Å². The van der Waals surface area contributed by atoms with Crippen LogP contribution in [0.25, 0.3) is 0 Å². The van der Waals surface area contributed by atoms with Crippen LogP contribution < -0.4 is 5.32 Å². The van der Waals surface area contributed by atoms with Crippen LogP contribution in [0.2, 0.25) is 0 Å². The van der Waals surface area contributed by atoms with Crippen molar-refractivity contribution in [2.75, 3.05) is 13.1 Å². The van der Waals surface area contributed by atoms with Crippen LogP contribution in [0.15, 0.2) is 11.4 Å². The first-order chi connectivity index (χ1) is 7.16. The third kappa shape index (κ3) is 3.62. The van der Waals surface area contributed by atoms with Gasteiger partial charge in [-0.3, -0.25) is 0 Å². The second-order valence-corrected chi connectivity index (χ2v) is 5.39. The van der Waals surface area contributed by atoms with Crippen LogP contribution in [0.3, 0.4) is 0 Å². The molecule has 0 spiro atoms. The first kappa shape index (κ1) is 12.7.